The SMILES string of the molecule is CC(=O)Nc1ccc(S(=O)(=O)c2ccc(NC(=O)c3ccccc3)cc2)cc1. The van der Waals surface area contributed by atoms with Crippen molar-refractivity contribution < 1.29 is 18.0 Å². The highest BCUT2D eigenvalue weighted by atomic mass is 32.2. The zero-order chi connectivity index (χ0) is 20.1. The van der Waals surface area contributed by atoms with Crippen molar-refractivity contribution in [2.45, 2.75) is 16.7 Å². The highest BCUT2D eigenvalue weighted by Crippen LogP contribution is 2.24. The molecule has 3 rings (SSSR count). The molecular weight excluding hydrogens is 376 g/mol. The molecule has 0 saturated heterocycles. The van der Waals surface area contributed by atoms with Gasteiger partial charge in [0, 0.05) is 23.9 Å². The Hall–Kier alpha value is -3.45. The Bertz CT molecular complexity index is 1090. The predicted octanol–water partition coefficient (Wildman–Crippen LogP) is 3.73. The van der Waals surface area contributed by atoms with Crippen LogP contribution in [-0.2, 0) is 14.6 Å². The number of hydrogen-bond donors (Lipinski definition) is 2. The van der Waals surface area contributed by atoms with Crippen LogP contribution in [0.25, 0.3) is 0 Å². The molecule has 0 bridgehead atoms. The van der Waals surface area contributed by atoms with Crippen molar-refractivity contribution in [1.29, 1.82) is 0 Å². The highest BCUT2D eigenvalue weighted by Gasteiger charge is 2.17. The number of benzene rings is 3. The molecule has 2 N–H and O–H groups in total. The summed E-state index contributed by atoms with van der Waals surface area (Å²) in [6.07, 6.45) is 0. The third-order valence-corrected chi connectivity index (χ3v) is 5.73. The summed E-state index contributed by atoms with van der Waals surface area (Å²) >= 11 is 0. The minimum Gasteiger partial charge on any atom is -0.326 e. The van der Waals surface area contributed by atoms with Crippen molar-refractivity contribution in [2.75, 3.05) is 10.6 Å². The zero-order valence-electron chi connectivity index (χ0n) is 15.0. The average molecular weight is 394 g/mol. The van der Waals surface area contributed by atoms with Gasteiger partial charge >= 0.3 is 0 Å². The van der Waals surface area contributed by atoms with Gasteiger partial charge in [-0.15, -0.1) is 0 Å². The molecule has 0 saturated carbocycles. The van der Waals surface area contributed by atoms with E-state index in [-0.39, 0.29) is 21.6 Å². The van der Waals surface area contributed by atoms with Crippen LogP contribution >= 0.6 is 0 Å². The lowest BCUT2D eigenvalue weighted by Gasteiger charge is -2.09. The summed E-state index contributed by atoms with van der Waals surface area (Å²) in [6, 6.07) is 20.6. The van der Waals surface area contributed by atoms with Crippen LogP contribution in [0.15, 0.2) is 88.7 Å². The average Bonchev–Trinajstić information content (AvgIpc) is 2.69. The first-order valence-electron chi connectivity index (χ1n) is 8.45. The molecule has 0 aliphatic carbocycles. The number of nitrogens with one attached hydrogen (secondary N) is 2. The van der Waals surface area contributed by atoms with Gasteiger partial charge in [0.15, 0.2) is 0 Å². The van der Waals surface area contributed by atoms with Crippen molar-refractivity contribution >= 4 is 33.0 Å². The number of sulfone groups is 1. The molecule has 0 radical (unpaired) electrons. The standard InChI is InChI=1S/C21H18N2O4S/c1-15(24)22-17-7-11-19(12-8-17)28(26,27)20-13-9-18(10-14-20)23-21(25)16-5-3-2-4-6-16/h2-14H,1H3,(H,22,24)(H,23,25). The Labute approximate surface area is 163 Å². The molecular formula is C21H18N2O4S. The van der Waals surface area contributed by atoms with Gasteiger partial charge < -0.3 is 10.6 Å². The molecule has 0 aliphatic rings. The number of amides is 2. The summed E-state index contributed by atoms with van der Waals surface area (Å²) in [5.74, 6) is -0.506. The van der Waals surface area contributed by atoms with E-state index in [0.717, 1.165) is 0 Å². The summed E-state index contributed by atoms with van der Waals surface area (Å²) in [7, 11) is -3.71. The van der Waals surface area contributed by atoms with Crippen LogP contribution < -0.4 is 10.6 Å². The van der Waals surface area contributed by atoms with E-state index in [1.807, 2.05) is 6.07 Å². The van der Waals surface area contributed by atoms with Gasteiger partial charge in [0.1, 0.15) is 0 Å². The first kappa shape index (κ1) is 19.3. The Balaban J connectivity index is 1.76. The number of carbonyl (C=O) groups excluding carboxylic acids is 2. The van der Waals surface area contributed by atoms with Crippen molar-refractivity contribution in [3.05, 3.63) is 84.4 Å². The maximum absolute atomic E-state index is 12.7. The first-order valence-corrected chi connectivity index (χ1v) is 9.94. The molecule has 142 valence electrons. The number of rotatable bonds is 5. The second kappa shape index (κ2) is 8.06. The van der Waals surface area contributed by atoms with E-state index < -0.39 is 9.84 Å². The third kappa shape index (κ3) is 4.44. The molecule has 28 heavy (non-hydrogen) atoms. The fraction of sp³-hybridized carbons (Fsp3) is 0.0476. The molecule has 0 heterocycles. The van der Waals surface area contributed by atoms with Crippen LogP contribution in [0.1, 0.15) is 17.3 Å². The number of anilines is 2. The van der Waals surface area contributed by atoms with Gasteiger partial charge in [-0.25, -0.2) is 8.42 Å². The van der Waals surface area contributed by atoms with Gasteiger partial charge in [0.2, 0.25) is 15.7 Å². The molecule has 0 spiro atoms. The minimum atomic E-state index is -3.71. The van der Waals surface area contributed by atoms with Crippen LogP contribution in [0.5, 0.6) is 0 Å². The minimum absolute atomic E-state index is 0.109. The topological polar surface area (TPSA) is 92.3 Å². The van der Waals surface area contributed by atoms with Crippen molar-refractivity contribution in [3.8, 4) is 0 Å². The fourth-order valence-corrected chi connectivity index (χ4v) is 3.83. The molecule has 0 atom stereocenters. The molecule has 2 amide bonds. The molecule has 3 aromatic carbocycles. The Kier molecular flexibility index (Phi) is 5.56. The maximum atomic E-state index is 12.7. The van der Waals surface area contributed by atoms with E-state index in [1.165, 1.54) is 43.3 Å². The molecule has 7 heteroatoms. The van der Waals surface area contributed by atoms with E-state index in [0.29, 0.717) is 16.9 Å². The lowest BCUT2D eigenvalue weighted by Crippen LogP contribution is -2.11. The Morgan fingerprint density at radius 2 is 1.14 bits per heavy atom. The highest BCUT2D eigenvalue weighted by molar-refractivity contribution is 7.91. The summed E-state index contributed by atoms with van der Waals surface area (Å²) in [4.78, 5) is 23.4. The molecule has 0 fully saturated rings. The first-order chi connectivity index (χ1) is 13.4. The van der Waals surface area contributed by atoms with Crippen LogP contribution in [0, 0.1) is 0 Å². The largest absolute Gasteiger partial charge is 0.326 e. The predicted molar refractivity (Wildman–Crippen MR) is 107 cm³/mol. The van der Waals surface area contributed by atoms with Gasteiger partial charge in [-0.3, -0.25) is 9.59 Å². The van der Waals surface area contributed by atoms with Crippen LogP contribution in [0.2, 0.25) is 0 Å². The number of hydrogen-bond acceptors (Lipinski definition) is 4. The number of carbonyl (C=O) groups is 2. The monoisotopic (exact) mass is 394 g/mol. The van der Waals surface area contributed by atoms with E-state index >= 15 is 0 Å². The molecule has 3 aromatic rings. The third-order valence-electron chi connectivity index (χ3n) is 3.94. The molecule has 0 aromatic heterocycles. The molecule has 0 unspecified atom stereocenters. The summed E-state index contributed by atoms with van der Waals surface area (Å²) in [5.41, 5.74) is 1.53. The molecule has 0 aliphatic heterocycles. The van der Waals surface area contributed by atoms with Gasteiger partial charge in [0.05, 0.1) is 9.79 Å². The van der Waals surface area contributed by atoms with Gasteiger partial charge in [-0.2, -0.15) is 0 Å². The van der Waals surface area contributed by atoms with Crippen molar-refractivity contribution in [2.24, 2.45) is 0 Å². The second-order valence-corrected chi connectivity index (χ2v) is 8.00. The van der Waals surface area contributed by atoms with E-state index in [1.54, 1.807) is 36.4 Å². The lowest BCUT2D eigenvalue weighted by atomic mass is 10.2. The Morgan fingerprint density at radius 1 is 0.679 bits per heavy atom. The summed E-state index contributed by atoms with van der Waals surface area (Å²) < 4.78 is 25.5. The molecule has 6 nitrogen and oxygen atoms in total. The van der Waals surface area contributed by atoms with E-state index in [9.17, 15) is 18.0 Å². The van der Waals surface area contributed by atoms with Crippen LogP contribution in [0.4, 0.5) is 11.4 Å². The summed E-state index contributed by atoms with van der Waals surface area (Å²) in [5, 5.41) is 5.32. The van der Waals surface area contributed by atoms with Crippen LogP contribution in [0.3, 0.4) is 0 Å². The fourth-order valence-electron chi connectivity index (χ4n) is 2.57. The van der Waals surface area contributed by atoms with Gasteiger partial charge in [0.25, 0.3) is 5.91 Å². The van der Waals surface area contributed by atoms with Gasteiger partial charge in [-0.05, 0) is 60.7 Å². The quantitative estimate of drug-likeness (QED) is 0.690. The van der Waals surface area contributed by atoms with Crippen molar-refractivity contribution in [1.82, 2.24) is 0 Å². The second-order valence-electron chi connectivity index (χ2n) is 6.05. The normalized spacial score (nSPS) is 10.9. The lowest BCUT2D eigenvalue weighted by molar-refractivity contribution is -0.114. The zero-order valence-corrected chi connectivity index (χ0v) is 15.9. The van der Waals surface area contributed by atoms with Crippen molar-refractivity contribution in [3.63, 3.8) is 0 Å². The summed E-state index contributed by atoms with van der Waals surface area (Å²) in [6.45, 7) is 1.38. The maximum Gasteiger partial charge on any atom is 0.255 e. The Morgan fingerprint density at radius 3 is 1.61 bits per heavy atom. The van der Waals surface area contributed by atoms with E-state index in [4.69, 9.17) is 0 Å². The smallest absolute Gasteiger partial charge is 0.255 e. The van der Waals surface area contributed by atoms with Gasteiger partial charge in [-0.1, -0.05) is 18.2 Å². The van der Waals surface area contributed by atoms with Crippen LogP contribution in [-0.4, -0.2) is 20.2 Å². The van der Waals surface area contributed by atoms with E-state index in [2.05, 4.69) is 10.6 Å².